The molecule has 0 saturated heterocycles. The minimum Gasteiger partial charge on any atom is -0.349 e. The Hall–Kier alpha value is -2.09. The van der Waals surface area contributed by atoms with E-state index in [-0.39, 0.29) is 17.9 Å². The third-order valence-electron chi connectivity index (χ3n) is 4.77. The second kappa shape index (κ2) is 7.45. The number of rotatable bonds is 7. The number of amides is 1. The molecule has 3 atom stereocenters. The molecule has 0 bridgehead atoms. The summed E-state index contributed by atoms with van der Waals surface area (Å²) < 4.78 is 0. The van der Waals surface area contributed by atoms with Gasteiger partial charge in [-0.2, -0.15) is 0 Å². The molecule has 1 fully saturated rings. The second-order valence-corrected chi connectivity index (χ2v) is 6.67. The number of carbonyl (C=O) groups is 1. The van der Waals surface area contributed by atoms with Crippen molar-refractivity contribution in [2.45, 2.75) is 38.6 Å². The van der Waals surface area contributed by atoms with E-state index in [0.717, 1.165) is 25.7 Å². The minimum atomic E-state index is 0.125. The summed E-state index contributed by atoms with van der Waals surface area (Å²) in [5.74, 6) is 1.01. The van der Waals surface area contributed by atoms with Gasteiger partial charge >= 0.3 is 0 Å². The zero-order chi connectivity index (χ0) is 16.1. The van der Waals surface area contributed by atoms with Crippen LogP contribution < -0.4 is 5.32 Å². The van der Waals surface area contributed by atoms with Crippen molar-refractivity contribution in [3.8, 4) is 0 Å². The molecule has 23 heavy (non-hydrogen) atoms. The SMILES string of the molecule is CC1CC1C(=O)NC(CCCc1ccccc1)c1ccccc1. The van der Waals surface area contributed by atoms with Gasteiger partial charge in [0.25, 0.3) is 0 Å². The zero-order valence-electron chi connectivity index (χ0n) is 13.7. The van der Waals surface area contributed by atoms with Crippen LogP contribution >= 0.6 is 0 Å². The van der Waals surface area contributed by atoms with Gasteiger partial charge in [-0.3, -0.25) is 4.79 Å². The molecule has 0 aromatic heterocycles. The molecule has 3 rings (SSSR count). The van der Waals surface area contributed by atoms with Gasteiger partial charge in [-0.05, 0) is 42.7 Å². The molecule has 0 aliphatic heterocycles. The highest BCUT2D eigenvalue weighted by molar-refractivity contribution is 5.81. The summed E-state index contributed by atoms with van der Waals surface area (Å²) in [6, 6.07) is 21.0. The molecule has 0 heterocycles. The quantitative estimate of drug-likeness (QED) is 0.800. The number of hydrogen-bond acceptors (Lipinski definition) is 1. The Morgan fingerprint density at radius 1 is 1.09 bits per heavy atom. The van der Waals surface area contributed by atoms with E-state index in [9.17, 15) is 4.79 Å². The van der Waals surface area contributed by atoms with Gasteiger partial charge in [0.1, 0.15) is 0 Å². The van der Waals surface area contributed by atoms with Crippen LogP contribution in [0.1, 0.15) is 43.4 Å². The van der Waals surface area contributed by atoms with Crippen LogP contribution in [0, 0.1) is 11.8 Å². The summed E-state index contributed by atoms with van der Waals surface area (Å²) in [4.78, 5) is 12.3. The van der Waals surface area contributed by atoms with E-state index in [1.165, 1.54) is 11.1 Å². The van der Waals surface area contributed by atoms with Gasteiger partial charge < -0.3 is 5.32 Å². The summed E-state index contributed by atoms with van der Waals surface area (Å²) in [6.07, 6.45) is 4.15. The lowest BCUT2D eigenvalue weighted by atomic mass is 9.98. The van der Waals surface area contributed by atoms with Crippen LogP contribution in [-0.2, 0) is 11.2 Å². The van der Waals surface area contributed by atoms with E-state index >= 15 is 0 Å². The van der Waals surface area contributed by atoms with Gasteiger partial charge in [0, 0.05) is 5.92 Å². The summed E-state index contributed by atoms with van der Waals surface area (Å²) in [7, 11) is 0. The Bertz CT molecular complexity index is 623. The van der Waals surface area contributed by atoms with E-state index in [1.54, 1.807) is 0 Å². The highest BCUT2D eigenvalue weighted by Gasteiger charge is 2.39. The molecule has 1 aliphatic carbocycles. The van der Waals surface area contributed by atoms with Gasteiger partial charge in [-0.15, -0.1) is 0 Å². The number of carbonyl (C=O) groups excluding carboxylic acids is 1. The lowest BCUT2D eigenvalue weighted by Gasteiger charge is -2.19. The first-order valence-corrected chi connectivity index (χ1v) is 8.63. The molecule has 2 nitrogen and oxygen atoms in total. The van der Waals surface area contributed by atoms with Crippen LogP contribution in [0.25, 0.3) is 0 Å². The van der Waals surface area contributed by atoms with Crippen LogP contribution in [0.15, 0.2) is 60.7 Å². The smallest absolute Gasteiger partial charge is 0.223 e. The maximum absolute atomic E-state index is 12.3. The van der Waals surface area contributed by atoms with Crippen molar-refractivity contribution >= 4 is 5.91 Å². The van der Waals surface area contributed by atoms with Gasteiger partial charge in [0.2, 0.25) is 5.91 Å². The van der Waals surface area contributed by atoms with E-state index in [4.69, 9.17) is 0 Å². The lowest BCUT2D eigenvalue weighted by molar-refractivity contribution is -0.123. The first-order chi connectivity index (χ1) is 11.2. The fourth-order valence-corrected chi connectivity index (χ4v) is 3.13. The Morgan fingerprint density at radius 3 is 2.30 bits per heavy atom. The Labute approximate surface area is 138 Å². The molecule has 2 aromatic rings. The van der Waals surface area contributed by atoms with Crippen molar-refractivity contribution in [3.05, 3.63) is 71.8 Å². The van der Waals surface area contributed by atoms with Crippen LogP contribution in [0.3, 0.4) is 0 Å². The molecule has 1 N–H and O–H groups in total. The van der Waals surface area contributed by atoms with Gasteiger partial charge in [-0.25, -0.2) is 0 Å². The van der Waals surface area contributed by atoms with Crippen LogP contribution in [0.5, 0.6) is 0 Å². The number of hydrogen-bond donors (Lipinski definition) is 1. The van der Waals surface area contributed by atoms with Crippen LogP contribution in [0.2, 0.25) is 0 Å². The van der Waals surface area contributed by atoms with E-state index < -0.39 is 0 Å². The fourth-order valence-electron chi connectivity index (χ4n) is 3.13. The largest absolute Gasteiger partial charge is 0.349 e. The fraction of sp³-hybridized carbons (Fsp3) is 0.381. The topological polar surface area (TPSA) is 29.1 Å². The third kappa shape index (κ3) is 4.44. The number of nitrogens with one attached hydrogen (secondary N) is 1. The van der Waals surface area contributed by atoms with Crippen LogP contribution in [-0.4, -0.2) is 5.91 Å². The second-order valence-electron chi connectivity index (χ2n) is 6.67. The standard InChI is InChI=1S/C21H25NO/c1-16-15-19(16)21(23)22-20(18-12-6-3-7-13-18)14-8-11-17-9-4-2-5-10-17/h2-7,9-10,12-13,16,19-20H,8,11,14-15H2,1H3,(H,22,23). The lowest BCUT2D eigenvalue weighted by Crippen LogP contribution is -2.30. The number of benzene rings is 2. The maximum atomic E-state index is 12.3. The first kappa shape index (κ1) is 15.8. The van der Waals surface area contributed by atoms with Crippen molar-refractivity contribution in [2.75, 3.05) is 0 Å². The normalized spacial score (nSPS) is 20.7. The molecule has 0 radical (unpaired) electrons. The average molecular weight is 307 g/mol. The predicted octanol–water partition coefficient (Wildman–Crippen LogP) is 4.52. The van der Waals surface area contributed by atoms with Crippen molar-refractivity contribution in [1.82, 2.24) is 5.32 Å². The van der Waals surface area contributed by atoms with Gasteiger partial charge in [0.05, 0.1) is 6.04 Å². The van der Waals surface area contributed by atoms with Crippen LogP contribution in [0.4, 0.5) is 0 Å². The molecule has 2 aromatic carbocycles. The minimum absolute atomic E-state index is 0.125. The number of aryl methyl sites for hydroxylation is 1. The predicted molar refractivity (Wildman–Crippen MR) is 94.0 cm³/mol. The molecule has 0 spiro atoms. The first-order valence-electron chi connectivity index (χ1n) is 8.63. The van der Waals surface area contributed by atoms with E-state index in [0.29, 0.717) is 5.92 Å². The monoisotopic (exact) mass is 307 g/mol. The summed E-state index contributed by atoms with van der Waals surface area (Å²) in [6.45, 7) is 2.15. The molecule has 3 unspecified atom stereocenters. The summed E-state index contributed by atoms with van der Waals surface area (Å²) in [5, 5.41) is 3.27. The summed E-state index contributed by atoms with van der Waals surface area (Å²) in [5.41, 5.74) is 2.57. The molecule has 1 amide bonds. The third-order valence-corrected chi connectivity index (χ3v) is 4.77. The highest BCUT2D eigenvalue weighted by atomic mass is 16.2. The average Bonchev–Trinajstić information content (AvgIpc) is 3.33. The van der Waals surface area contributed by atoms with E-state index in [2.05, 4.69) is 48.6 Å². The molecule has 2 heteroatoms. The van der Waals surface area contributed by atoms with Gasteiger partial charge in [0.15, 0.2) is 0 Å². The van der Waals surface area contributed by atoms with Crippen molar-refractivity contribution in [1.29, 1.82) is 0 Å². The van der Waals surface area contributed by atoms with Crippen molar-refractivity contribution in [2.24, 2.45) is 11.8 Å². The summed E-state index contributed by atoms with van der Waals surface area (Å²) >= 11 is 0. The molecule has 120 valence electrons. The molecular formula is C21H25NO. The Balaban J connectivity index is 1.59. The van der Waals surface area contributed by atoms with Crippen molar-refractivity contribution < 1.29 is 4.79 Å². The highest BCUT2D eigenvalue weighted by Crippen LogP contribution is 2.38. The van der Waals surface area contributed by atoms with Gasteiger partial charge in [-0.1, -0.05) is 67.6 Å². The Kier molecular flexibility index (Phi) is 5.12. The molecular weight excluding hydrogens is 282 g/mol. The molecule has 1 aliphatic rings. The maximum Gasteiger partial charge on any atom is 0.223 e. The van der Waals surface area contributed by atoms with Crippen molar-refractivity contribution in [3.63, 3.8) is 0 Å². The zero-order valence-corrected chi connectivity index (χ0v) is 13.7. The Morgan fingerprint density at radius 2 is 1.70 bits per heavy atom. The molecule has 1 saturated carbocycles. The van der Waals surface area contributed by atoms with E-state index in [1.807, 2.05) is 24.3 Å².